The van der Waals surface area contributed by atoms with Crippen LogP contribution in [-0.4, -0.2) is 21.8 Å². The Morgan fingerprint density at radius 2 is 2.25 bits per heavy atom. The van der Waals surface area contributed by atoms with E-state index in [1.165, 1.54) is 0 Å². The number of carbonyl (C=O) groups excluding carboxylic acids is 1. The van der Waals surface area contributed by atoms with Crippen LogP contribution in [0.3, 0.4) is 0 Å². The molecule has 2 N–H and O–H groups in total. The number of hydrogen-bond donors (Lipinski definition) is 1. The molecule has 0 unspecified atom stereocenters. The SMILES string of the molecule is Nc1ccc(CC(=O)N(Cc2ccco2)C2CC2)nc1. The molecule has 0 atom stereocenters. The summed E-state index contributed by atoms with van der Waals surface area (Å²) in [7, 11) is 0. The van der Waals surface area contributed by atoms with Crippen LogP contribution in [0.15, 0.2) is 41.1 Å². The molecule has 2 heterocycles. The normalized spacial score (nSPS) is 14.2. The van der Waals surface area contributed by atoms with Gasteiger partial charge in [0, 0.05) is 11.7 Å². The molecule has 104 valence electrons. The van der Waals surface area contributed by atoms with E-state index in [4.69, 9.17) is 10.2 Å². The van der Waals surface area contributed by atoms with Crippen LogP contribution in [0.4, 0.5) is 5.69 Å². The predicted molar refractivity (Wildman–Crippen MR) is 74.6 cm³/mol. The fourth-order valence-electron chi connectivity index (χ4n) is 2.17. The molecule has 3 rings (SSSR count). The Bertz CT molecular complexity index is 574. The van der Waals surface area contributed by atoms with E-state index in [0.717, 1.165) is 24.3 Å². The van der Waals surface area contributed by atoms with E-state index in [1.807, 2.05) is 17.0 Å². The zero-order chi connectivity index (χ0) is 13.9. The van der Waals surface area contributed by atoms with Gasteiger partial charge in [0.2, 0.25) is 5.91 Å². The van der Waals surface area contributed by atoms with Gasteiger partial charge in [-0.25, -0.2) is 0 Å². The number of amides is 1. The Labute approximate surface area is 117 Å². The topological polar surface area (TPSA) is 72.4 Å². The fraction of sp³-hybridized carbons (Fsp3) is 0.333. The zero-order valence-corrected chi connectivity index (χ0v) is 11.2. The summed E-state index contributed by atoms with van der Waals surface area (Å²) in [6.45, 7) is 0.533. The summed E-state index contributed by atoms with van der Waals surface area (Å²) < 4.78 is 5.33. The van der Waals surface area contributed by atoms with Crippen LogP contribution in [0.1, 0.15) is 24.3 Å². The zero-order valence-electron chi connectivity index (χ0n) is 11.2. The lowest BCUT2D eigenvalue weighted by Gasteiger charge is -2.21. The van der Waals surface area contributed by atoms with Crippen LogP contribution in [0.25, 0.3) is 0 Å². The number of aromatic nitrogens is 1. The van der Waals surface area contributed by atoms with Gasteiger partial charge in [-0.15, -0.1) is 0 Å². The highest BCUT2D eigenvalue weighted by Crippen LogP contribution is 2.29. The second kappa shape index (κ2) is 5.36. The number of anilines is 1. The van der Waals surface area contributed by atoms with E-state index in [9.17, 15) is 4.79 Å². The highest BCUT2D eigenvalue weighted by atomic mass is 16.3. The molecule has 1 aliphatic rings. The number of carbonyl (C=O) groups is 1. The maximum atomic E-state index is 12.4. The summed E-state index contributed by atoms with van der Waals surface area (Å²) in [6, 6.07) is 7.65. The Hall–Kier alpha value is -2.30. The molecule has 1 amide bonds. The third-order valence-electron chi connectivity index (χ3n) is 3.39. The molecule has 0 aliphatic heterocycles. The van der Waals surface area contributed by atoms with Crippen molar-refractivity contribution in [2.75, 3.05) is 5.73 Å². The van der Waals surface area contributed by atoms with Crippen LogP contribution in [-0.2, 0) is 17.8 Å². The summed E-state index contributed by atoms with van der Waals surface area (Å²) in [5.41, 5.74) is 6.95. The first-order valence-corrected chi connectivity index (χ1v) is 6.74. The van der Waals surface area contributed by atoms with Crippen LogP contribution >= 0.6 is 0 Å². The van der Waals surface area contributed by atoms with E-state index in [1.54, 1.807) is 24.6 Å². The second-order valence-electron chi connectivity index (χ2n) is 5.09. The minimum atomic E-state index is 0.0844. The highest BCUT2D eigenvalue weighted by Gasteiger charge is 2.33. The van der Waals surface area contributed by atoms with Gasteiger partial charge in [0.15, 0.2) is 0 Å². The van der Waals surface area contributed by atoms with E-state index in [-0.39, 0.29) is 5.91 Å². The monoisotopic (exact) mass is 271 g/mol. The molecule has 5 nitrogen and oxygen atoms in total. The summed E-state index contributed by atoms with van der Waals surface area (Å²) in [4.78, 5) is 18.5. The summed E-state index contributed by atoms with van der Waals surface area (Å²) in [5.74, 6) is 0.900. The largest absolute Gasteiger partial charge is 0.467 e. The van der Waals surface area contributed by atoms with E-state index < -0.39 is 0 Å². The molecular formula is C15H17N3O2. The molecule has 2 aromatic rings. The lowest BCUT2D eigenvalue weighted by Crippen LogP contribution is -2.33. The summed E-state index contributed by atoms with van der Waals surface area (Å²) in [5, 5.41) is 0. The van der Waals surface area contributed by atoms with E-state index >= 15 is 0 Å². The average molecular weight is 271 g/mol. The Morgan fingerprint density at radius 3 is 2.85 bits per heavy atom. The van der Waals surface area contributed by atoms with Gasteiger partial charge in [0.05, 0.1) is 31.1 Å². The molecule has 0 spiro atoms. The van der Waals surface area contributed by atoms with Crippen LogP contribution < -0.4 is 5.73 Å². The number of nitrogens with two attached hydrogens (primary N) is 1. The predicted octanol–water partition coefficient (Wildman–Crippen LogP) is 1.99. The molecule has 1 aliphatic carbocycles. The van der Waals surface area contributed by atoms with Crippen LogP contribution in [0.5, 0.6) is 0 Å². The Balaban J connectivity index is 1.67. The van der Waals surface area contributed by atoms with Gasteiger partial charge >= 0.3 is 0 Å². The molecule has 1 fully saturated rings. The van der Waals surface area contributed by atoms with Gasteiger partial charge < -0.3 is 15.1 Å². The number of nitrogens with zero attached hydrogens (tertiary/aromatic N) is 2. The number of hydrogen-bond acceptors (Lipinski definition) is 4. The lowest BCUT2D eigenvalue weighted by molar-refractivity contribution is -0.132. The number of pyridine rings is 1. The van der Waals surface area contributed by atoms with Crippen molar-refractivity contribution < 1.29 is 9.21 Å². The van der Waals surface area contributed by atoms with Crippen LogP contribution in [0, 0.1) is 0 Å². The first-order valence-electron chi connectivity index (χ1n) is 6.74. The first-order chi connectivity index (χ1) is 9.72. The first kappa shape index (κ1) is 12.7. The lowest BCUT2D eigenvalue weighted by atomic mass is 10.2. The van der Waals surface area contributed by atoms with Crippen molar-refractivity contribution in [3.63, 3.8) is 0 Å². The maximum Gasteiger partial charge on any atom is 0.229 e. The number of nitrogen functional groups attached to an aromatic ring is 1. The number of furan rings is 1. The number of rotatable bonds is 5. The molecule has 20 heavy (non-hydrogen) atoms. The van der Waals surface area contributed by atoms with Crippen molar-refractivity contribution in [1.82, 2.24) is 9.88 Å². The van der Waals surface area contributed by atoms with E-state index in [0.29, 0.717) is 24.7 Å². The molecule has 1 saturated carbocycles. The smallest absolute Gasteiger partial charge is 0.229 e. The van der Waals surface area contributed by atoms with Crippen molar-refractivity contribution in [2.45, 2.75) is 31.8 Å². The fourth-order valence-corrected chi connectivity index (χ4v) is 2.17. The molecule has 0 bridgehead atoms. The van der Waals surface area contributed by atoms with Gasteiger partial charge in [-0.05, 0) is 37.1 Å². The standard InChI is InChI=1S/C15H17N3O2/c16-11-3-4-12(17-9-11)8-15(19)18(13-5-6-13)10-14-2-1-7-20-14/h1-4,7,9,13H,5-6,8,10,16H2. The molecule has 0 saturated heterocycles. The van der Waals surface area contributed by atoms with Gasteiger partial charge in [-0.3, -0.25) is 9.78 Å². The molecular weight excluding hydrogens is 254 g/mol. The van der Waals surface area contributed by atoms with Crippen molar-refractivity contribution in [1.29, 1.82) is 0 Å². The highest BCUT2D eigenvalue weighted by molar-refractivity contribution is 5.79. The average Bonchev–Trinajstić information content (AvgIpc) is 3.15. The summed E-state index contributed by atoms with van der Waals surface area (Å²) in [6.07, 6.45) is 5.66. The van der Waals surface area contributed by atoms with E-state index in [2.05, 4.69) is 4.98 Å². The second-order valence-corrected chi connectivity index (χ2v) is 5.09. The van der Waals surface area contributed by atoms with Gasteiger partial charge in [0.25, 0.3) is 0 Å². The molecule has 2 aromatic heterocycles. The third kappa shape index (κ3) is 2.99. The minimum Gasteiger partial charge on any atom is -0.467 e. The Morgan fingerprint density at radius 1 is 1.40 bits per heavy atom. The van der Waals surface area contributed by atoms with Crippen LogP contribution in [0.2, 0.25) is 0 Å². The molecule has 5 heteroatoms. The Kier molecular flexibility index (Phi) is 3.41. The van der Waals surface area contributed by atoms with Crippen molar-refractivity contribution >= 4 is 11.6 Å². The third-order valence-corrected chi connectivity index (χ3v) is 3.39. The molecule has 0 radical (unpaired) electrons. The maximum absolute atomic E-state index is 12.4. The quantitative estimate of drug-likeness (QED) is 0.902. The van der Waals surface area contributed by atoms with Gasteiger partial charge in [0.1, 0.15) is 5.76 Å². The van der Waals surface area contributed by atoms with Gasteiger partial charge in [-0.2, -0.15) is 0 Å². The van der Waals surface area contributed by atoms with Gasteiger partial charge in [-0.1, -0.05) is 0 Å². The van der Waals surface area contributed by atoms with Crippen molar-refractivity contribution in [3.05, 3.63) is 48.2 Å². The summed E-state index contributed by atoms with van der Waals surface area (Å²) >= 11 is 0. The van der Waals surface area contributed by atoms with Crippen molar-refractivity contribution in [2.24, 2.45) is 0 Å². The molecule has 0 aromatic carbocycles. The minimum absolute atomic E-state index is 0.0844. The van der Waals surface area contributed by atoms with Crippen molar-refractivity contribution in [3.8, 4) is 0 Å².